The first kappa shape index (κ1) is 13.9. The van der Waals surface area contributed by atoms with E-state index < -0.39 is 0 Å². The van der Waals surface area contributed by atoms with Crippen LogP contribution in [0.5, 0.6) is 5.75 Å². The second kappa shape index (κ2) is 6.57. The van der Waals surface area contributed by atoms with Crippen LogP contribution in [0.15, 0.2) is 24.3 Å². The van der Waals surface area contributed by atoms with Crippen molar-refractivity contribution in [1.82, 2.24) is 5.32 Å². The van der Waals surface area contributed by atoms with E-state index in [9.17, 15) is 4.79 Å². The minimum Gasteiger partial charge on any atom is -0.497 e. The summed E-state index contributed by atoms with van der Waals surface area (Å²) in [6, 6.07) is 8.15. The zero-order valence-electron chi connectivity index (χ0n) is 11.5. The number of nitrogens with one attached hydrogen (secondary N) is 1. The summed E-state index contributed by atoms with van der Waals surface area (Å²) in [5, 5.41) is 3.43. The summed E-state index contributed by atoms with van der Waals surface area (Å²) in [5.74, 6) is 0.274. The predicted octanol–water partition coefficient (Wildman–Crippen LogP) is 2.09. The number of carbonyl (C=O) groups is 1. The molecule has 1 aromatic rings. The van der Waals surface area contributed by atoms with Gasteiger partial charge in [-0.3, -0.25) is 4.79 Å². The Balaban J connectivity index is 2.08. The van der Waals surface area contributed by atoms with E-state index in [0.29, 0.717) is 12.6 Å². The van der Waals surface area contributed by atoms with Gasteiger partial charge in [0.1, 0.15) is 5.75 Å². The molecule has 1 aliphatic carbocycles. The molecule has 0 saturated heterocycles. The van der Waals surface area contributed by atoms with E-state index >= 15 is 0 Å². The molecular formula is C15H21NO3. The van der Waals surface area contributed by atoms with Crippen molar-refractivity contribution in [3.63, 3.8) is 0 Å². The van der Waals surface area contributed by atoms with Crippen LogP contribution in [-0.2, 0) is 9.53 Å². The van der Waals surface area contributed by atoms with Crippen molar-refractivity contribution >= 4 is 5.97 Å². The molecule has 0 amide bonds. The Morgan fingerprint density at radius 3 is 2.79 bits per heavy atom. The topological polar surface area (TPSA) is 47.6 Å². The summed E-state index contributed by atoms with van der Waals surface area (Å²) >= 11 is 0. The highest BCUT2D eigenvalue weighted by Crippen LogP contribution is 2.24. The number of benzene rings is 1. The smallest absolute Gasteiger partial charge is 0.314 e. The summed E-state index contributed by atoms with van der Waals surface area (Å²) < 4.78 is 10.1. The maximum absolute atomic E-state index is 11.9. The molecule has 4 nitrogen and oxygen atoms in total. The van der Waals surface area contributed by atoms with E-state index in [-0.39, 0.29) is 11.9 Å². The second-order valence-corrected chi connectivity index (χ2v) is 4.89. The molecule has 2 rings (SSSR count). The van der Waals surface area contributed by atoms with E-state index in [2.05, 4.69) is 5.32 Å². The normalized spacial score (nSPS) is 16.5. The Morgan fingerprint density at radius 2 is 2.21 bits per heavy atom. The molecule has 1 N–H and O–H groups in total. The quantitative estimate of drug-likeness (QED) is 0.798. The molecule has 0 heterocycles. The molecule has 104 valence electrons. The molecular weight excluding hydrogens is 242 g/mol. The third-order valence-electron chi connectivity index (χ3n) is 3.70. The average Bonchev–Trinajstić information content (AvgIpc) is 2.41. The number of rotatable bonds is 6. The van der Waals surface area contributed by atoms with Crippen LogP contribution in [0.25, 0.3) is 0 Å². The fourth-order valence-corrected chi connectivity index (χ4v) is 2.23. The first-order valence-corrected chi connectivity index (χ1v) is 6.69. The third kappa shape index (κ3) is 3.47. The number of ether oxygens (including phenoxy) is 2. The van der Waals surface area contributed by atoms with Crippen molar-refractivity contribution in [2.24, 2.45) is 0 Å². The number of methoxy groups -OCH3 is 2. The summed E-state index contributed by atoms with van der Waals surface area (Å²) in [4.78, 5) is 11.9. The van der Waals surface area contributed by atoms with Gasteiger partial charge in [0.25, 0.3) is 0 Å². The number of hydrogen-bond acceptors (Lipinski definition) is 4. The van der Waals surface area contributed by atoms with Crippen molar-refractivity contribution in [2.75, 3.05) is 20.8 Å². The van der Waals surface area contributed by atoms with E-state index in [4.69, 9.17) is 9.47 Å². The molecule has 0 aliphatic heterocycles. The Kier molecular flexibility index (Phi) is 4.80. The van der Waals surface area contributed by atoms with Gasteiger partial charge >= 0.3 is 5.97 Å². The lowest BCUT2D eigenvalue weighted by molar-refractivity contribution is -0.142. The van der Waals surface area contributed by atoms with E-state index in [1.165, 1.54) is 26.4 Å². The maximum Gasteiger partial charge on any atom is 0.314 e. The Bertz CT molecular complexity index is 429. The summed E-state index contributed by atoms with van der Waals surface area (Å²) in [6.07, 6.45) is 3.68. The van der Waals surface area contributed by atoms with Gasteiger partial charge in [0.2, 0.25) is 0 Å². The molecule has 0 aromatic heterocycles. The number of carbonyl (C=O) groups excluding carboxylic acids is 1. The maximum atomic E-state index is 11.9. The minimum atomic E-state index is -0.277. The Hall–Kier alpha value is -1.55. The molecule has 0 radical (unpaired) electrons. The zero-order valence-corrected chi connectivity index (χ0v) is 11.5. The van der Waals surface area contributed by atoms with Gasteiger partial charge < -0.3 is 14.8 Å². The van der Waals surface area contributed by atoms with Crippen molar-refractivity contribution in [3.05, 3.63) is 29.8 Å². The van der Waals surface area contributed by atoms with Crippen molar-refractivity contribution in [2.45, 2.75) is 31.2 Å². The lowest BCUT2D eigenvalue weighted by Crippen LogP contribution is -2.39. The Morgan fingerprint density at radius 1 is 1.42 bits per heavy atom. The van der Waals surface area contributed by atoms with Gasteiger partial charge in [-0.2, -0.15) is 0 Å². The van der Waals surface area contributed by atoms with Crippen LogP contribution in [0.1, 0.15) is 30.7 Å². The van der Waals surface area contributed by atoms with Gasteiger partial charge in [-0.15, -0.1) is 0 Å². The monoisotopic (exact) mass is 263 g/mol. The van der Waals surface area contributed by atoms with Crippen molar-refractivity contribution < 1.29 is 14.3 Å². The van der Waals surface area contributed by atoms with E-state index in [0.717, 1.165) is 11.3 Å². The molecule has 1 unspecified atom stereocenters. The first-order valence-electron chi connectivity index (χ1n) is 6.69. The van der Waals surface area contributed by atoms with Gasteiger partial charge in [-0.1, -0.05) is 18.6 Å². The Labute approximate surface area is 114 Å². The van der Waals surface area contributed by atoms with Crippen LogP contribution < -0.4 is 10.1 Å². The summed E-state index contributed by atoms with van der Waals surface area (Å²) in [7, 11) is 3.05. The summed E-state index contributed by atoms with van der Waals surface area (Å²) in [5.41, 5.74) is 0.929. The third-order valence-corrected chi connectivity index (χ3v) is 3.70. The van der Waals surface area contributed by atoms with Gasteiger partial charge in [-0.05, 0) is 30.5 Å². The van der Waals surface area contributed by atoms with Crippen molar-refractivity contribution in [1.29, 1.82) is 0 Å². The van der Waals surface area contributed by atoms with Crippen LogP contribution >= 0.6 is 0 Å². The second-order valence-electron chi connectivity index (χ2n) is 4.89. The molecule has 0 bridgehead atoms. The predicted molar refractivity (Wildman–Crippen MR) is 73.4 cm³/mol. The number of esters is 1. The molecule has 4 heteroatoms. The molecule has 1 fully saturated rings. The van der Waals surface area contributed by atoms with Crippen LogP contribution in [0.4, 0.5) is 0 Å². The van der Waals surface area contributed by atoms with Gasteiger partial charge in [0, 0.05) is 12.6 Å². The highest BCUT2D eigenvalue weighted by molar-refractivity contribution is 5.78. The van der Waals surface area contributed by atoms with E-state index in [1.807, 2.05) is 24.3 Å². The van der Waals surface area contributed by atoms with Crippen LogP contribution in [0.2, 0.25) is 0 Å². The van der Waals surface area contributed by atoms with Crippen LogP contribution in [0.3, 0.4) is 0 Å². The average molecular weight is 263 g/mol. The lowest BCUT2D eigenvalue weighted by Gasteiger charge is -2.28. The number of hydrogen-bond donors (Lipinski definition) is 1. The van der Waals surface area contributed by atoms with Gasteiger partial charge in [0.05, 0.1) is 20.1 Å². The minimum absolute atomic E-state index is 0.208. The largest absolute Gasteiger partial charge is 0.497 e. The fraction of sp³-hybridized carbons (Fsp3) is 0.533. The molecule has 1 saturated carbocycles. The molecule has 0 spiro atoms. The fourth-order valence-electron chi connectivity index (χ4n) is 2.23. The SMILES string of the molecule is COC(=O)C(CNC1CCC1)c1cccc(OC)c1. The standard InChI is InChI=1S/C15H21NO3/c1-18-13-8-3-5-11(9-13)14(15(17)19-2)10-16-12-6-4-7-12/h3,5,8-9,12,14,16H,4,6-7,10H2,1-2H3. The van der Waals surface area contributed by atoms with Crippen molar-refractivity contribution in [3.8, 4) is 5.75 Å². The highest BCUT2D eigenvalue weighted by atomic mass is 16.5. The lowest BCUT2D eigenvalue weighted by atomic mass is 9.91. The zero-order chi connectivity index (χ0) is 13.7. The molecule has 1 aliphatic rings. The molecule has 1 aromatic carbocycles. The highest BCUT2D eigenvalue weighted by Gasteiger charge is 2.24. The van der Waals surface area contributed by atoms with Crippen LogP contribution in [-0.4, -0.2) is 32.8 Å². The van der Waals surface area contributed by atoms with E-state index in [1.54, 1.807) is 7.11 Å². The molecule has 19 heavy (non-hydrogen) atoms. The molecule has 1 atom stereocenters. The first-order chi connectivity index (χ1) is 9.24. The van der Waals surface area contributed by atoms with Crippen LogP contribution in [0, 0.1) is 0 Å². The van der Waals surface area contributed by atoms with Gasteiger partial charge in [-0.25, -0.2) is 0 Å². The van der Waals surface area contributed by atoms with Gasteiger partial charge in [0.15, 0.2) is 0 Å². The summed E-state index contributed by atoms with van der Waals surface area (Å²) in [6.45, 7) is 0.616.